The number of nitrogens with zero attached hydrogens (tertiary/aromatic N) is 2. The van der Waals surface area contributed by atoms with Gasteiger partial charge in [-0.25, -0.2) is 4.79 Å². The van der Waals surface area contributed by atoms with Crippen LogP contribution in [0.3, 0.4) is 0 Å². The molecule has 0 fully saturated rings. The van der Waals surface area contributed by atoms with E-state index in [2.05, 4.69) is 10.4 Å². The molecule has 1 amide bonds. The molecule has 0 radical (unpaired) electrons. The molecule has 124 valence electrons. The van der Waals surface area contributed by atoms with Gasteiger partial charge in [0.1, 0.15) is 6.54 Å². The monoisotopic (exact) mass is 383 g/mol. The van der Waals surface area contributed by atoms with Crippen molar-refractivity contribution in [2.24, 2.45) is 0 Å². The van der Waals surface area contributed by atoms with Crippen LogP contribution in [0.2, 0.25) is 10.0 Å². The Bertz CT molecular complexity index is 948. The molecular weight excluding hydrogens is 373 g/mol. The number of hydrogen-bond donors (Lipinski definition) is 1. The van der Waals surface area contributed by atoms with E-state index < -0.39 is 11.7 Å². The normalized spacial score (nSPS) is 10.8. The third-order valence-corrected chi connectivity index (χ3v) is 4.84. The number of nitrogens with one attached hydrogen (secondary N) is 1. The second kappa shape index (κ2) is 6.80. The maximum atomic E-state index is 12.2. The van der Waals surface area contributed by atoms with Crippen LogP contribution in [-0.4, -0.2) is 15.7 Å². The lowest BCUT2D eigenvalue weighted by molar-refractivity contribution is -0.117. The van der Waals surface area contributed by atoms with Crippen molar-refractivity contribution in [3.8, 4) is 10.8 Å². The van der Waals surface area contributed by atoms with Gasteiger partial charge in [0.05, 0.1) is 20.6 Å². The Hall–Kier alpha value is -2.09. The molecule has 0 atom stereocenters. The van der Waals surface area contributed by atoms with Crippen molar-refractivity contribution in [2.45, 2.75) is 13.5 Å². The van der Waals surface area contributed by atoms with E-state index in [1.807, 2.05) is 11.4 Å². The van der Waals surface area contributed by atoms with E-state index in [1.54, 1.807) is 25.1 Å². The molecule has 2 heterocycles. The van der Waals surface area contributed by atoms with Crippen molar-refractivity contribution < 1.29 is 9.21 Å². The number of halogens is 2. The Balaban J connectivity index is 1.79. The van der Waals surface area contributed by atoms with Gasteiger partial charge in [-0.3, -0.25) is 4.79 Å². The summed E-state index contributed by atoms with van der Waals surface area (Å²) in [6, 6.07) is 6.96. The Labute approximate surface area is 150 Å². The summed E-state index contributed by atoms with van der Waals surface area (Å²) < 4.78 is 6.00. The number of carbonyl (C=O) groups is 1. The van der Waals surface area contributed by atoms with Crippen molar-refractivity contribution >= 4 is 46.1 Å². The Morgan fingerprint density at radius 2 is 2.17 bits per heavy atom. The van der Waals surface area contributed by atoms with Crippen molar-refractivity contribution in [3.63, 3.8) is 0 Å². The number of aryl methyl sites for hydroxylation is 1. The minimum absolute atomic E-state index is 0.175. The summed E-state index contributed by atoms with van der Waals surface area (Å²) in [5, 5.41) is 9.11. The van der Waals surface area contributed by atoms with E-state index in [0.717, 1.165) is 10.2 Å². The number of thiophene rings is 1. The van der Waals surface area contributed by atoms with Gasteiger partial charge in [0.25, 0.3) is 5.89 Å². The van der Waals surface area contributed by atoms with Gasteiger partial charge in [0.2, 0.25) is 5.91 Å². The van der Waals surface area contributed by atoms with E-state index in [0.29, 0.717) is 20.6 Å². The fourth-order valence-corrected chi connectivity index (χ4v) is 3.10. The van der Waals surface area contributed by atoms with E-state index >= 15 is 0 Å². The van der Waals surface area contributed by atoms with Crippen LogP contribution in [-0.2, 0) is 11.3 Å². The number of carbonyl (C=O) groups excluding carboxylic acids is 1. The first-order valence-corrected chi connectivity index (χ1v) is 8.45. The lowest BCUT2D eigenvalue weighted by Gasteiger charge is -2.10. The zero-order chi connectivity index (χ0) is 17.3. The summed E-state index contributed by atoms with van der Waals surface area (Å²) in [4.78, 5) is 24.7. The van der Waals surface area contributed by atoms with Gasteiger partial charge < -0.3 is 9.73 Å². The zero-order valence-electron chi connectivity index (χ0n) is 12.4. The van der Waals surface area contributed by atoms with Crippen molar-refractivity contribution in [1.29, 1.82) is 0 Å². The number of benzene rings is 1. The van der Waals surface area contributed by atoms with E-state index in [1.165, 1.54) is 11.3 Å². The number of amides is 1. The summed E-state index contributed by atoms with van der Waals surface area (Å²) in [6.07, 6.45) is 0. The fraction of sp³-hybridized carbons (Fsp3) is 0.133. The molecule has 9 heteroatoms. The summed E-state index contributed by atoms with van der Waals surface area (Å²) in [5.74, 6) is -1.03. The molecule has 24 heavy (non-hydrogen) atoms. The van der Waals surface area contributed by atoms with Crippen LogP contribution in [0.4, 0.5) is 5.69 Å². The van der Waals surface area contributed by atoms with Crippen LogP contribution in [0.15, 0.2) is 38.9 Å². The highest BCUT2D eigenvalue weighted by Gasteiger charge is 2.16. The number of rotatable bonds is 4. The predicted molar refractivity (Wildman–Crippen MR) is 93.9 cm³/mol. The SMILES string of the molecule is Cc1ccc(Cl)c(NC(=O)Cn2nc(-c3cccs3)oc2=O)c1Cl. The first-order chi connectivity index (χ1) is 11.5. The van der Waals surface area contributed by atoms with Crippen LogP contribution in [0, 0.1) is 6.92 Å². The molecule has 0 spiro atoms. The molecule has 3 aromatic rings. The number of aromatic nitrogens is 2. The van der Waals surface area contributed by atoms with Gasteiger partial charge in [-0.05, 0) is 30.0 Å². The summed E-state index contributed by atoms with van der Waals surface area (Å²) in [5.41, 5.74) is 1.08. The van der Waals surface area contributed by atoms with Crippen molar-refractivity contribution in [3.05, 3.63) is 55.8 Å². The predicted octanol–water partition coefficient (Wildman–Crippen LogP) is 3.82. The van der Waals surface area contributed by atoms with Crippen LogP contribution >= 0.6 is 34.5 Å². The minimum Gasteiger partial charge on any atom is -0.387 e. The fourth-order valence-electron chi connectivity index (χ4n) is 1.99. The molecule has 1 aromatic carbocycles. The van der Waals surface area contributed by atoms with E-state index in [4.69, 9.17) is 27.6 Å². The van der Waals surface area contributed by atoms with Gasteiger partial charge in [-0.15, -0.1) is 16.4 Å². The van der Waals surface area contributed by atoms with Crippen LogP contribution in [0.5, 0.6) is 0 Å². The second-order valence-corrected chi connectivity index (χ2v) is 6.64. The van der Waals surface area contributed by atoms with Gasteiger partial charge in [-0.1, -0.05) is 35.3 Å². The minimum atomic E-state index is -0.713. The highest BCUT2D eigenvalue weighted by atomic mass is 35.5. The first kappa shape index (κ1) is 16.8. The summed E-state index contributed by atoms with van der Waals surface area (Å²) >= 11 is 13.6. The number of hydrogen-bond acceptors (Lipinski definition) is 5. The topological polar surface area (TPSA) is 77.1 Å². The molecule has 0 aliphatic heterocycles. The summed E-state index contributed by atoms with van der Waals surface area (Å²) in [6.45, 7) is 1.48. The van der Waals surface area contributed by atoms with Crippen LogP contribution in [0.25, 0.3) is 10.8 Å². The maximum absolute atomic E-state index is 12.2. The lowest BCUT2D eigenvalue weighted by Crippen LogP contribution is -2.26. The quantitative estimate of drug-likeness (QED) is 0.742. The molecule has 0 unspecified atom stereocenters. The van der Waals surface area contributed by atoms with Gasteiger partial charge in [-0.2, -0.15) is 4.68 Å². The third kappa shape index (κ3) is 3.38. The lowest BCUT2D eigenvalue weighted by atomic mass is 10.2. The molecule has 2 aromatic heterocycles. The van der Waals surface area contributed by atoms with Gasteiger partial charge in [0.15, 0.2) is 0 Å². The largest absolute Gasteiger partial charge is 0.437 e. The van der Waals surface area contributed by atoms with Gasteiger partial charge >= 0.3 is 5.76 Å². The molecule has 3 rings (SSSR count). The summed E-state index contributed by atoms with van der Waals surface area (Å²) in [7, 11) is 0. The van der Waals surface area contributed by atoms with Crippen LogP contribution in [0.1, 0.15) is 5.56 Å². The smallest absolute Gasteiger partial charge is 0.387 e. The van der Waals surface area contributed by atoms with Crippen molar-refractivity contribution in [2.75, 3.05) is 5.32 Å². The molecular formula is C15H11Cl2N3O3S. The average molecular weight is 384 g/mol. The van der Waals surface area contributed by atoms with E-state index in [9.17, 15) is 9.59 Å². The molecule has 0 saturated carbocycles. The Kier molecular flexibility index (Phi) is 4.75. The maximum Gasteiger partial charge on any atom is 0.437 e. The zero-order valence-corrected chi connectivity index (χ0v) is 14.7. The molecule has 0 aliphatic carbocycles. The van der Waals surface area contributed by atoms with Crippen LogP contribution < -0.4 is 11.1 Å². The second-order valence-electron chi connectivity index (χ2n) is 4.91. The Morgan fingerprint density at radius 1 is 1.38 bits per heavy atom. The molecule has 0 aliphatic rings. The standard InChI is InChI=1S/C15H11Cl2N3O3S/c1-8-4-5-9(16)13(12(8)17)18-11(21)7-20-15(22)23-14(19-20)10-3-2-6-24-10/h2-6H,7H2,1H3,(H,18,21). The van der Waals surface area contributed by atoms with E-state index in [-0.39, 0.29) is 12.4 Å². The molecule has 0 bridgehead atoms. The number of anilines is 1. The highest BCUT2D eigenvalue weighted by Crippen LogP contribution is 2.32. The van der Waals surface area contributed by atoms with Gasteiger partial charge in [0, 0.05) is 0 Å². The molecule has 1 N–H and O–H groups in total. The molecule has 6 nitrogen and oxygen atoms in total. The third-order valence-electron chi connectivity index (χ3n) is 3.18. The average Bonchev–Trinajstić information content (AvgIpc) is 3.18. The Morgan fingerprint density at radius 3 is 2.88 bits per heavy atom. The molecule has 0 saturated heterocycles. The van der Waals surface area contributed by atoms with Crippen molar-refractivity contribution in [1.82, 2.24) is 9.78 Å². The highest BCUT2D eigenvalue weighted by molar-refractivity contribution is 7.13. The first-order valence-electron chi connectivity index (χ1n) is 6.82.